The molecule has 1 aliphatic heterocycles. The Labute approximate surface area is 147 Å². The molecule has 1 aliphatic rings. The van der Waals surface area contributed by atoms with E-state index in [1.807, 2.05) is 0 Å². The fourth-order valence-corrected chi connectivity index (χ4v) is 3.64. The molecule has 4 rings (SSSR count). The van der Waals surface area contributed by atoms with Gasteiger partial charge in [0, 0.05) is 26.5 Å². The number of methoxy groups -OCH3 is 1. The van der Waals surface area contributed by atoms with Crippen molar-refractivity contribution in [2.45, 2.75) is 12.8 Å². The largest absolute Gasteiger partial charge is 0.384 e. The van der Waals surface area contributed by atoms with Gasteiger partial charge in [-0.25, -0.2) is 0 Å². The first-order valence-electron chi connectivity index (χ1n) is 7.83. The van der Waals surface area contributed by atoms with Crippen molar-refractivity contribution >= 4 is 28.1 Å². The molecule has 2 aromatic heterocycles. The number of amides is 2. The molecule has 3 aromatic rings. The summed E-state index contributed by atoms with van der Waals surface area (Å²) in [6.45, 7) is 0.840. The lowest BCUT2D eigenvalue weighted by Crippen LogP contribution is -2.31. The highest BCUT2D eigenvalue weighted by Gasteiger charge is 2.34. The third-order valence-corrected chi connectivity index (χ3v) is 5.01. The highest BCUT2D eigenvalue weighted by atomic mass is 32.1. The molecule has 0 radical (unpaired) electrons. The van der Waals surface area contributed by atoms with Gasteiger partial charge in [-0.3, -0.25) is 14.5 Å². The average molecular weight is 357 g/mol. The van der Waals surface area contributed by atoms with Crippen molar-refractivity contribution in [2.75, 3.05) is 20.3 Å². The lowest BCUT2D eigenvalue weighted by molar-refractivity contribution is 0.0656. The van der Waals surface area contributed by atoms with Crippen LogP contribution in [0.15, 0.2) is 24.3 Å². The van der Waals surface area contributed by atoms with Gasteiger partial charge in [0.1, 0.15) is 5.01 Å². The summed E-state index contributed by atoms with van der Waals surface area (Å²) in [5, 5.41) is 13.5. The fourth-order valence-electron chi connectivity index (χ4n) is 2.80. The summed E-state index contributed by atoms with van der Waals surface area (Å²) in [4.78, 5) is 26.7. The lowest BCUT2D eigenvalue weighted by Gasteiger charge is -2.12. The van der Waals surface area contributed by atoms with E-state index in [2.05, 4.69) is 15.3 Å². The van der Waals surface area contributed by atoms with Gasteiger partial charge in [-0.05, 0) is 12.1 Å². The van der Waals surface area contributed by atoms with Gasteiger partial charge in [-0.15, -0.1) is 10.2 Å². The highest BCUT2D eigenvalue weighted by molar-refractivity contribution is 7.16. The van der Waals surface area contributed by atoms with Crippen molar-refractivity contribution in [3.8, 4) is 0 Å². The zero-order valence-corrected chi connectivity index (χ0v) is 14.3. The smallest absolute Gasteiger partial charge is 0.261 e. The third-order valence-electron chi connectivity index (χ3n) is 4.05. The number of nitrogens with zero attached hydrogens (tertiary/aromatic N) is 5. The maximum absolute atomic E-state index is 12.4. The molecule has 0 aliphatic carbocycles. The number of rotatable bonds is 6. The standard InChI is InChI=1S/C16H15N5O3S/c1-24-9-7-12-17-18-16-21(12)19-13(25-16)6-8-20-14(22)10-4-2-3-5-11(10)15(20)23/h2-5H,6-9H2,1H3. The fraction of sp³-hybridized carbons (Fsp3) is 0.312. The first-order valence-corrected chi connectivity index (χ1v) is 8.65. The van der Waals surface area contributed by atoms with Crippen LogP contribution in [0, 0.1) is 0 Å². The Hall–Kier alpha value is -2.65. The predicted octanol–water partition coefficient (Wildman–Crippen LogP) is 1.21. The van der Waals surface area contributed by atoms with E-state index < -0.39 is 0 Å². The topological polar surface area (TPSA) is 89.7 Å². The quantitative estimate of drug-likeness (QED) is 0.616. The Kier molecular flexibility index (Phi) is 4.02. The summed E-state index contributed by atoms with van der Waals surface area (Å²) in [5.74, 6) is 0.244. The summed E-state index contributed by atoms with van der Waals surface area (Å²) in [6, 6.07) is 6.89. The van der Waals surface area contributed by atoms with E-state index in [1.165, 1.54) is 16.2 Å². The van der Waals surface area contributed by atoms with Gasteiger partial charge < -0.3 is 4.74 Å². The summed E-state index contributed by atoms with van der Waals surface area (Å²) in [6.07, 6.45) is 1.11. The normalized spacial score (nSPS) is 13.9. The van der Waals surface area contributed by atoms with Crippen LogP contribution in [0.2, 0.25) is 0 Å². The van der Waals surface area contributed by atoms with Crippen LogP contribution in [-0.2, 0) is 17.6 Å². The third kappa shape index (κ3) is 2.71. The molecule has 0 unspecified atom stereocenters. The molecule has 3 heterocycles. The van der Waals surface area contributed by atoms with Gasteiger partial charge in [0.05, 0.1) is 17.7 Å². The van der Waals surface area contributed by atoms with Crippen molar-refractivity contribution in [1.29, 1.82) is 0 Å². The van der Waals surface area contributed by atoms with Crippen LogP contribution in [-0.4, -0.2) is 56.8 Å². The van der Waals surface area contributed by atoms with Crippen molar-refractivity contribution in [3.05, 3.63) is 46.2 Å². The Morgan fingerprint density at radius 1 is 1.08 bits per heavy atom. The second-order valence-corrected chi connectivity index (χ2v) is 6.65. The molecule has 25 heavy (non-hydrogen) atoms. The number of aromatic nitrogens is 4. The Balaban J connectivity index is 1.49. The molecule has 0 spiro atoms. The van der Waals surface area contributed by atoms with Gasteiger partial charge in [0.2, 0.25) is 4.96 Å². The monoisotopic (exact) mass is 357 g/mol. The second kappa shape index (κ2) is 6.34. The van der Waals surface area contributed by atoms with Crippen LogP contribution in [0.25, 0.3) is 4.96 Å². The van der Waals surface area contributed by atoms with Crippen molar-refractivity contribution in [3.63, 3.8) is 0 Å². The van der Waals surface area contributed by atoms with Crippen LogP contribution in [0.5, 0.6) is 0 Å². The number of ether oxygens (including phenoxy) is 1. The lowest BCUT2D eigenvalue weighted by atomic mass is 10.1. The van der Waals surface area contributed by atoms with Crippen molar-refractivity contribution in [1.82, 2.24) is 24.7 Å². The maximum Gasteiger partial charge on any atom is 0.261 e. The molecule has 0 saturated carbocycles. The summed E-state index contributed by atoms with van der Waals surface area (Å²) in [5.41, 5.74) is 0.931. The number of hydrogen-bond donors (Lipinski definition) is 0. The van der Waals surface area contributed by atoms with E-state index in [0.717, 1.165) is 10.8 Å². The van der Waals surface area contributed by atoms with Gasteiger partial charge in [0.15, 0.2) is 5.82 Å². The predicted molar refractivity (Wildman–Crippen MR) is 89.8 cm³/mol. The molecule has 0 N–H and O–H groups in total. The van der Waals surface area contributed by atoms with E-state index in [0.29, 0.717) is 42.1 Å². The molecule has 2 amide bonds. The molecule has 0 fully saturated rings. The molecule has 128 valence electrons. The van der Waals surface area contributed by atoms with E-state index in [1.54, 1.807) is 35.9 Å². The zero-order chi connectivity index (χ0) is 17.4. The minimum absolute atomic E-state index is 0.246. The molecule has 9 heteroatoms. The summed E-state index contributed by atoms with van der Waals surface area (Å²) in [7, 11) is 1.63. The van der Waals surface area contributed by atoms with E-state index >= 15 is 0 Å². The van der Waals surface area contributed by atoms with Gasteiger partial charge in [0.25, 0.3) is 11.8 Å². The van der Waals surface area contributed by atoms with Crippen molar-refractivity contribution in [2.24, 2.45) is 0 Å². The van der Waals surface area contributed by atoms with Crippen LogP contribution >= 0.6 is 11.3 Å². The Bertz CT molecular complexity index is 929. The maximum atomic E-state index is 12.4. The number of fused-ring (bicyclic) bond motifs is 2. The summed E-state index contributed by atoms with van der Waals surface area (Å²) >= 11 is 1.41. The Morgan fingerprint density at radius 2 is 1.80 bits per heavy atom. The molecule has 0 saturated heterocycles. The highest BCUT2D eigenvalue weighted by Crippen LogP contribution is 2.23. The minimum Gasteiger partial charge on any atom is -0.384 e. The number of imide groups is 1. The van der Waals surface area contributed by atoms with Crippen molar-refractivity contribution < 1.29 is 14.3 Å². The SMILES string of the molecule is COCCc1nnc2sc(CCN3C(=O)c4ccccc4C3=O)nn12. The van der Waals surface area contributed by atoms with Gasteiger partial charge >= 0.3 is 0 Å². The van der Waals surface area contributed by atoms with E-state index in [9.17, 15) is 9.59 Å². The van der Waals surface area contributed by atoms with Crippen LogP contribution in [0.3, 0.4) is 0 Å². The molecule has 0 bridgehead atoms. The Morgan fingerprint density at radius 3 is 2.48 bits per heavy atom. The molecular weight excluding hydrogens is 342 g/mol. The number of hydrogen-bond acceptors (Lipinski definition) is 7. The summed E-state index contributed by atoms with van der Waals surface area (Å²) < 4.78 is 6.75. The zero-order valence-electron chi connectivity index (χ0n) is 13.5. The number of carbonyl (C=O) groups excluding carboxylic acids is 2. The van der Waals surface area contributed by atoms with E-state index in [4.69, 9.17) is 4.74 Å². The molecule has 0 atom stereocenters. The number of carbonyl (C=O) groups is 2. The minimum atomic E-state index is -0.246. The van der Waals surface area contributed by atoms with Gasteiger partial charge in [-0.1, -0.05) is 23.5 Å². The van der Waals surface area contributed by atoms with Crippen LogP contribution in [0.1, 0.15) is 31.5 Å². The molecule has 8 nitrogen and oxygen atoms in total. The average Bonchev–Trinajstić information content (AvgIpc) is 3.26. The van der Waals surface area contributed by atoms with Gasteiger partial charge in [-0.2, -0.15) is 9.61 Å². The van der Waals surface area contributed by atoms with Crippen LogP contribution < -0.4 is 0 Å². The first kappa shape index (κ1) is 15.9. The first-order chi connectivity index (χ1) is 12.2. The van der Waals surface area contributed by atoms with Crippen LogP contribution in [0.4, 0.5) is 0 Å². The second-order valence-electron chi connectivity index (χ2n) is 5.61. The number of benzene rings is 1. The molecule has 1 aromatic carbocycles. The van der Waals surface area contributed by atoms with E-state index in [-0.39, 0.29) is 11.8 Å². The molecular formula is C16H15N5O3S.